The Balaban J connectivity index is 3.44. The first-order chi connectivity index (χ1) is 7.69. The number of anilines is 3. The first-order valence-electron chi connectivity index (χ1n) is 4.68. The SMILES string of the molecule is CNc1cc(SC#N)c(NC)c(NC)c1O. The summed E-state index contributed by atoms with van der Waals surface area (Å²) in [7, 11) is 5.18. The maximum absolute atomic E-state index is 9.94. The molecule has 0 spiro atoms. The number of aromatic hydroxyl groups is 1. The van der Waals surface area contributed by atoms with E-state index in [-0.39, 0.29) is 5.75 Å². The van der Waals surface area contributed by atoms with Crippen LogP contribution in [0, 0.1) is 10.7 Å². The Morgan fingerprint density at radius 1 is 1.19 bits per heavy atom. The molecule has 0 fully saturated rings. The number of thiocyanates is 1. The molecule has 16 heavy (non-hydrogen) atoms. The van der Waals surface area contributed by atoms with E-state index in [1.54, 1.807) is 27.2 Å². The van der Waals surface area contributed by atoms with Crippen molar-refractivity contribution in [2.24, 2.45) is 0 Å². The lowest BCUT2D eigenvalue weighted by Gasteiger charge is -2.16. The largest absolute Gasteiger partial charge is 0.504 e. The zero-order valence-electron chi connectivity index (χ0n) is 9.38. The highest BCUT2D eigenvalue weighted by Crippen LogP contribution is 2.44. The zero-order chi connectivity index (χ0) is 12.1. The van der Waals surface area contributed by atoms with E-state index in [0.717, 1.165) is 16.7 Å². The van der Waals surface area contributed by atoms with Gasteiger partial charge in [-0.2, -0.15) is 5.26 Å². The summed E-state index contributed by atoms with van der Waals surface area (Å²) in [4.78, 5) is 0.761. The zero-order valence-corrected chi connectivity index (χ0v) is 10.2. The Labute approximate surface area is 98.9 Å². The molecule has 0 aliphatic carbocycles. The number of phenolic OH excluding ortho intramolecular Hbond substituents is 1. The topological polar surface area (TPSA) is 80.1 Å². The molecule has 0 saturated carbocycles. The van der Waals surface area contributed by atoms with Gasteiger partial charge in [-0.25, -0.2) is 0 Å². The molecule has 1 aromatic carbocycles. The highest BCUT2D eigenvalue weighted by Gasteiger charge is 2.15. The van der Waals surface area contributed by atoms with Gasteiger partial charge in [0.05, 0.1) is 11.4 Å². The minimum atomic E-state index is 0.136. The second-order valence-electron chi connectivity index (χ2n) is 2.96. The fraction of sp³-hybridized carbons (Fsp3) is 0.300. The maximum Gasteiger partial charge on any atom is 0.164 e. The highest BCUT2D eigenvalue weighted by atomic mass is 32.2. The number of phenols is 1. The number of thioether (sulfide) groups is 1. The molecule has 4 N–H and O–H groups in total. The monoisotopic (exact) mass is 238 g/mol. The molecule has 0 heterocycles. The summed E-state index contributed by atoms with van der Waals surface area (Å²) in [6.45, 7) is 0. The van der Waals surface area contributed by atoms with Crippen LogP contribution in [0.1, 0.15) is 0 Å². The van der Waals surface area contributed by atoms with Crippen LogP contribution in [0.2, 0.25) is 0 Å². The molecule has 0 aliphatic heterocycles. The van der Waals surface area contributed by atoms with Crippen molar-refractivity contribution in [3.63, 3.8) is 0 Å². The lowest BCUT2D eigenvalue weighted by atomic mass is 10.2. The molecule has 0 radical (unpaired) electrons. The van der Waals surface area contributed by atoms with Crippen LogP contribution in [0.15, 0.2) is 11.0 Å². The molecule has 6 heteroatoms. The summed E-state index contributed by atoms with van der Waals surface area (Å²) < 4.78 is 0. The molecule has 1 aromatic rings. The molecule has 0 unspecified atom stereocenters. The number of nitrogens with zero attached hydrogens (tertiary/aromatic N) is 1. The van der Waals surface area contributed by atoms with Crippen LogP contribution < -0.4 is 16.0 Å². The highest BCUT2D eigenvalue weighted by molar-refractivity contribution is 8.03. The van der Waals surface area contributed by atoms with Crippen LogP contribution in [-0.2, 0) is 0 Å². The quantitative estimate of drug-likeness (QED) is 0.365. The second-order valence-corrected chi connectivity index (χ2v) is 3.79. The van der Waals surface area contributed by atoms with Crippen molar-refractivity contribution in [3.05, 3.63) is 6.07 Å². The Morgan fingerprint density at radius 3 is 2.25 bits per heavy atom. The smallest absolute Gasteiger partial charge is 0.164 e. The van der Waals surface area contributed by atoms with Crippen LogP contribution in [0.3, 0.4) is 0 Å². The van der Waals surface area contributed by atoms with Crippen molar-refractivity contribution in [1.82, 2.24) is 0 Å². The molecule has 1 rings (SSSR count). The third-order valence-corrected chi connectivity index (χ3v) is 2.82. The van der Waals surface area contributed by atoms with Crippen molar-refractivity contribution < 1.29 is 5.11 Å². The molecule has 0 amide bonds. The number of rotatable bonds is 4. The van der Waals surface area contributed by atoms with E-state index in [0.29, 0.717) is 17.1 Å². The third-order valence-electron chi connectivity index (χ3n) is 2.19. The molecular formula is C10H14N4OS. The third kappa shape index (κ3) is 2.09. The fourth-order valence-electron chi connectivity index (χ4n) is 1.46. The average molecular weight is 238 g/mol. The van der Waals surface area contributed by atoms with Gasteiger partial charge in [0, 0.05) is 26.0 Å². The normalized spacial score (nSPS) is 9.38. The predicted octanol–water partition coefficient (Wildman–Crippen LogP) is 2.09. The lowest BCUT2D eigenvalue weighted by molar-refractivity contribution is 0.479. The van der Waals surface area contributed by atoms with Crippen molar-refractivity contribution in [2.45, 2.75) is 4.90 Å². The van der Waals surface area contributed by atoms with Gasteiger partial charge in [-0.15, -0.1) is 0 Å². The summed E-state index contributed by atoms with van der Waals surface area (Å²) >= 11 is 1.05. The van der Waals surface area contributed by atoms with Crippen LogP contribution >= 0.6 is 11.8 Å². The Bertz CT molecular complexity index is 428. The van der Waals surface area contributed by atoms with E-state index in [4.69, 9.17) is 5.26 Å². The molecule has 0 aliphatic rings. The van der Waals surface area contributed by atoms with E-state index in [2.05, 4.69) is 16.0 Å². The average Bonchev–Trinajstić information content (AvgIpc) is 2.30. The first-order valence-corrected chi connectivity index (χ1v) is 5.50. The van der Waals surface area contributed by atoms with E-state index >= 15 is 0 Å². The van der Waals surface area contributed by atoms with Gasteiger partial charge in [0.25, 0.3) is 0 Å². The number of hydrogen-bond donors (Lipinski definition) is 4. The molecule has 0 saturated heterocycles. The maximum atomic E-state index is 9.94. The molecule has 0 aromatic heterocycles. The van der Waals surface area contributed by atoms with Crippen molar-refractivity contribution in [3.8, 4) is 11.2 Å². The van der Waals surface area contributed by atoms with Gasteiger partial charge in [-0.05, 0) is 17.8 Å². The minimum absolute atomic E-state index is 0.136. The summed E-state index contributed by atoms with van der Waals surface area (Å²) in [5.74, 6) is 0.136. The van der Waals surface area contributed by atoms with E-state index in [1.165, 1.54) is 0 Å². The van der Waals surface area contributed by atoms with Crippen LogP contribution in [0.4, 0.5) is 17.1 Å². The number of nitriles is 1. The standard InChI is InChI=1S/C10H14N4OS/c1-12-6-4-7(16-5-11)8(13-2)9(14-3)10(6)15/h4,12-15H,1-3H3. The van der Waals surface area contributed by atoms with E-state index in [1.807, 2.05) is 5.40 Å². The second kappa shape index (κ2) is 5.37. The Kier molecular flexibility index (Phi) is 4.14. The van der Waals surface area contributed by atoms with Gasteiger partial charge in [-0.3, -0.25) is 0 Å². The number of benzene rings is 1. The molecule has 86 valence electrons. The summed E-state index contributed by atoms with van der Waals surface area (Å²) in [6.07, 6.45) is 0. The first kappa shape index (κ1) is 12.3. The van der Waals surface area contributed by atoms with Gasteiger partial charge in [-0.1, -0.05) is 0 Å². The van der Waals surface area contributed by atoms with E-state index in [9.17, 15) is 5.11 Å². The van der Waals surface area contributed by atoms with Crippen molar-refractivity contribution in [2.75, 3.05) is 37.1 Å². The van der Waals surface area contributed by atoms with Gasteiger partial charge >= 0.3 is 0 Å². The van der Waals surface area contributed by atoms with Crippen molar-refractivity contribution in [1.29, 1.82) is 5.26 Å². The summed E-state index contributed by atoms with van der Waals surface area (Å²) in [5.41, 5.74) is 1.87. The summed E-state index contributed by atoms with van der Waals surface area (Å²) in [5, 5.41) is 29.4. The Hall–Kier alpha value is -1.74. The minimum Gasteiger partial charge on any atom is -0.504 e. The van der Waals surface area contributed by atoms with Gasteiger partial charge < -0.3 is 21.1 Å². The number of hydrogen-bond acceptors (Lipinski definition) is 6. The van der Waals surface area contributed by atoms with E-state index < -0.39 is 0 Å². The van der Waals surface area contributed by atoms with Crippen molar-refractivity contribution >= 4 is 28.8 Å². The van der Waals surface area contributed by atoms with Crippen LogP contribution in [-0.4, -0.2) is 26.2 Å². The predicted molar refractivity (Wildman–Crippen MR) is 68.2 cm³/mol. The van der Waals surface area contributed by atoms with Crippen LogP contribution in [0.25, 0.3) is 0 Å². The lowest BCUT2D eigenvalue weighted by Crippen LogP contribution is -2.01. The summed E-state index contributed by atoms with van der Waals surface area (Å²) in [6, 6.07) is 1.73. The Morgan fingerprint density at radius 2 is 1.81 bits per heavy atom. The fourth-order valence-corrected chi connectivity index (χ4v) is 2.04. The molecule has 0 atom stereocenters. The number of nitrogens with one attached hydrogen (secondary N) is 3. The van der Waals surface area contributed by atoms with Gasteiger partial charge in [0.2, 0.25) is 0 Å². The van der Waals surface area contributed by atoms with Crippen LogP contribution in [0.5, 0.6) is 5.75 Å². The molecule has 0 bridgehead atoms. The molecule has 5 nitrogen and oxygen atoms in total. The van der Waals surface area contributed by atoms with Gasteiger partial charge in [0.1, 0.15) is 11.1 Å². The molecular weight excluding hydrogens is 224 g/mol. The van der Waals surface area contributed by atoms with Gasteiger partial charge in [0.15, 0.2) is 5.75 Å².